The van der Waals surface area contributed by atoms with Crippen LogP contribution in [0.15, 0.2) is 11.6 Å². The summed E-state index contributed by atoms with van der Waals surface area (Å²) >= 11 is 0. The van der Waals surface area contributed by atoms with Gasteiger partial charge in [-0.05, 0) is 61.7 Å². The van der Waals surface area contributed by atoms with E-state index in [-0.39, 0.29) is 16.7 Å². The average Bonchev–Trinajstić information content (AvgIpc) is 3.00. The van der Waals surface area contributed by atoms with Gasteiger partial charge in [-0.1, -0.05) is 25.8 Å². The molecule has 6 atom stereocenters. The van der Waals surface area contributed by atoms with Crippen LogP contribution in [0.4, 0.5) is 0 Å². The molecule has 0 aromatic carbocycles. The van der Waals surface area contributed by atoms with Gasteiger partial charge in [-0.15, -0.1) is 6.42 Å². The molecule has 3 fully saturated rings. The molecule has 1 saturated heterocycles. The first-order valence-electron chi connectivity index (χ1n) is 10.5. The summed E-state index contributed by atoms with van der Waals surface area (Å²) in [5, 5.41) is 2.88. The lowest BCUT2D eigenvalue weighted by Gasteiger charge is -2.61. The Morgan fingerprint density at radius 1 is 1.30 bits per heavy atom. The zero-order valence-electron chi connectivity index (χ0n) is 16.9. The normalized spacial score (nSPS) is 43.1. The summed E-state index contributed by atoms with van der Waals surface area (Å²) in [6, 6.07) is 0.386. The van der Waals surface area contributed by atoms with Crippen molar-refractivity contribution in [2.45, 2.75) is 64.8 Å². The van der Waals surface area contributed by atoms with Crippen molar-refractivity contribution in [3.05, 3.63) is 11.6 Å². The number of likely N-dealkylation sites (tertiary alicyclic amines) is 1. The van der Waals surface area contributed by atoms with Gasteiger partial charge < -0.3 is 10.2 Å². The molecule has 0 unspecified atom stereocenters. The predicted octanol–water partition coefficient (Wildman–Crippen LogP) is 3.14. The van der Waals surface area contributed by atoms with E-state index >= 15 is 0 Å². The summed E-state index contributed by atoms with van der Waals surface area (Å²) < 4.78 is 0. The number of nitrogens with zero attached hydrogens (tertiary/aromatic N) is 1. The fourth-order valence-electron chi connectivity index (χ4n) is 7.30. The molecule has 4 rings (SSSR count). The van der Waals surface area contributed by atoms with Crippen LogP contribution in [0.1, 0.15) is 58.8 Å². The Morgan fingerprint density at radius 2 is 2.07 bits per heavy atom. The maximum absolute atomic E-state index is 12.7. The highest BCUT2D eigenvalue weighted by molar-refractivity contribution is 5.95. The van der Waals surface area contributed by atoms with Crippen LogP contribution in [0.3, 0.4) is 0 Å². The van der Waals surface area contributed by atoms with E-state index in [4.69, 9.17) is 6.42 Å². The topological polar surface area (TPSA) is 49.4 Å². The van der Waals surface area contributed by atoms with Crippen molar-refractivity contribution in [3.63, 3.8) is 0 Å². The summed E-state index contributed by atoms with van der Waals surface area (Å²) in [5.41, 5.74) is 1.16. The van der Waals surface area contributed by atoms with Gasteiger partial charge in [-0.2, -0.15) is 0 Å². The van der Waals surface area contributed by atoms with Gasteiger partial charge in [0.25, 0.3) is 0 Å². The van der Waals surface area contributed by atoms with Crippen molar-refractivity contribution < 1.29 is 9.59 Å². The number of hydrogen-bond acceptors (Lipinski definition) is 2. The van der Waals surface area contributed by atoms with E-state index in [9.17, 15) is 9.59 Å². The van der Waals surface area contributed by atoms with Crippen LogP contribution in [0, 0.1) is 40.9 Å². The van der Waals surface area contributed by atoms with Gasteiger partial charge in [0.15, 0.2) is 0 Å². The van der Waals surface area contributed by atoms with Gasteiger partial charge in [0.2, 0.25) is 11.8 Å². The molecule has 4 nitrogen and oxygen atoms in total. The monoisotopic (exact) mass is 368 g/mol. The Hall–Kier alpha value is -1.76. The average molecular weight is 369 g/mol. The molecular weight excluding hydrogens is 336 g/mol. The van der Waals surface area contributed by atoms with E-state index in [1.165, 1.54) is 6.42 Å². The van der Waals surface area contributed by atoms with E-state index in [0.717, 1.165) is 37.7 Å². The van der Waals surface area contributed by atoms with Crippen LogP contribution in [0.2, 0.25) is 0 Å². The summed E-state index contributed by atoms with van der Waals surface area (Å²) in [4.78, 5) is 27.0. The molecule has 0 bridgehead atoms. The fraction of sp³-hybridized carbons (Fsp3) is 0.739. The third kappa shape index (κ3) is 2.57. The number of allylic oxidation sites excluding steroid dienone is 1. The van der Waals surface area contributed by atoms with E-state index < -0.39 is 0 Å². The molecule has 3 aliphatic carbocycles. The number of terminal acetylenes is 1. The summed E-state index contributed by atoms with van der Waals surface area (Å²) in [6.45, 7) is 5.03. The van der Waals surface area contributed by atoms with Crippen molar-refractivity contribution in [2.75, 3.05) is 13.6 Å². The molecule has 1 N–H and O–H groups in total. The quantitative estimate of drug-likeness (QED) is 0.761. The molecule has 1 aliphatic heterocycles. The van der Waals surface area contributed by atoms with Gasteiger partial charge in [-0.3, -0.25) is 9.59 Å². The predicted molar refractivity (Wildman–Crippen MR) is 105 cm³/mol. The van der Waals surface area contributed by atoms with Gasteiger partial charge in [-0.25, -0.2) is 0 Å². The van der Waals surface area contributed by atoms with Crippen molar-refractivity contribution >= 4 is 11.8 Å². The van der Waals surface area contributed by atoms with E-state index in [1.807, 2.05) is 11.9 Å². The number of rotatable bonds is 2. The SMILES string of the molecule is C#CCNC(=O)C1=CC[C@H]2[C@@H]3CC[C@H]4N(C)C(=O)CC[C@]4(C)[C@H]3CC[C@]12C. The highest BCUT2D eigenvalue weighted by atomic mass is 16.2. The molecule has 2 amide bonds. The lowest BCUT2D eigenvalue weighted by atomic mass is 9.47. The first-order chi connectivity index (χ1) is 12.8. The molecule has 27 heavy (non-hydrogen) atoms. The van der Waals surface area contributed by atoms with Crippen molar-refractivity contribution in [3.8, 4) is 12.3 Å². The summed E-state index contributed by atoms with van der Waals surface area (Å²) in [5.74, 6) is 4.70. The second-order valence-corrected chi connectivity index (χ2v) is 9.68. The number of hydrogen-bond donors (Lipinski definition) is 1. The molecule has 4 aliphatic rings. The number of carbonyl (C=O) groups is 2. The Balaban J connectivity index is 1.58. The minimum absolute atomic E-state index is 0.0271. The Morgan fingerprint density at radius 3 is 2.81 bits per heavy atom. The van der Waals surface area contributed by atoms with Gasteiger partial charge >= 0.3 is 0 Å². The molecule has 0 radical (unpaired) electrons. The van der Waals surface area contributed by atoms with Gasteiger partial charge in [0.05, 0.1) is 6.54 Å². The van der Waals surface area contributed by atoms with Crippen LogP contribution in [-0.2, 0) is 9.59 Å². The summed E-state index contributed by atoms with van der Waals surface area (Å²) in [6.07, 6.45) is 14.7. The molecule has 4 heteroatoms. The smallest absolute Gasteiger partial charge is 0.248 e. The Kier molecular flexibility index (Phi) is 4.41. The van der Waals surface area contributed by atoms with Crippen LogP contribution < -0.4 is 5.32 Å². The van der Waals surface area contributed by atoms with Crippen LogP contribution in [0.25, 0.3) is 0 Å². The van der Waals surface area contributed by atoms with E-state index in [0.29, 0.717) is 42.7 Å². The molecule has 0 spiro atoms. The number of amides is 2. The standard InChI is InChI=1S/C23H32N2O2/c1-5-14-24-21(27)18-8-7-16-15-6-9-19-23(3,13-11-20(26)25(19)4)17(15)10-12-22(16,18)2/h1,8,15-17,19H,6-7,9-14H2,2-4H3,(H,24,27)/t15-,16-,17-,19+,22-,23+/m0/s1. The molecule has 146 valence electrons. The minimum Gasteiger partial charge on any atom is -0.342 e. The minimum atomic E-state index is -0.0283. The molecule has 0 aromatic heterocycles. The number of carbonyl (C=O) groups excluding carboxylic acids is 2. The zero-order valence-corrected chi connectivity index (χ0v) is 16.9. The molecule has 2 saturated carbocycles. The third-order valence-corrected chi connectivity index (χ3v) is 8.73. The number of fused-ring (bicyclic) bond motifs is 5. The van der Waals surface area contributed by atoms with E-state index in [2.05, 4.69) is 31.2 Å². The molecule has 1 heterocycles. The van der Waals surface area contributed by atoms with Crippen LogP contribution in [0.5, 0.6) is 0 Å². The first kappa shape index (κ1) is 18.6. The highest BCUT2D eigenvalue weighted by Gasteiger charge is 2.60. The van der Waals surface area contributed by atoms with Crippen molar-refractivity contribution in [1.29, 1.82) is 0 Å². The van der Waals surface area contributed by atoms with Crippen molar-refractivity contribution in [2.24, 2.45) is 28.6 Å². The lowest BCUT2D eigenvalue weighted by molar-refractivity contribution is -0.156. The first-order valence-corrected chi connectivity index (χ1v) is 10.5. The van der Waals surface area contributed by atoms with Crippen LogP contribution in [-0.4, -0.2) is 36.3 Å². The number of piperidine rings is 1. The van der Waals surface area contributed by atoms with Crippen LogP contribution >= 0.6 is 0 Å². The maximum atomic E-state index is 12.7. The summed E-state index contributed by atoms with van der Waals surface area (Å²) in [7, 11) is 2.00. The Labute approximate surface area is 163 Å². The van der Waals surface area contributed by atoms with Crippen molar-refractivity contribution in [1.82, 2.24) is 10.2 Å². The number of nitrogens with one attached hydrogen (secondary N) is 1. The fourth-order valence-corrected chi connectivity index (χ4v) is 7.30. The highest BCUT2D eigenvalue weighted by Crippen LogP contribution is 2.64. The second kappa shape index (κ2) is 6.40. The van der Waals surface area contributed by atoms with Gasteiger partial charge in [0, 0.05) is 30.5 Å². The molecular formula is C23H32N2O2. The lowest BCUT2D eigenvalue weighted by Crippen LogP contribution is -2.61. The second-order valence-electron chi connectivity index (χ2n) is 9.68. The van der Waals surface area contributed by atoms with Gasteiger partial charge in [0.1, 0.15) is 0 Å². The third-order valence-electron chi connectivity index (χ3n) is 8.73. The molecule has 0 aromatic rings. The van der Waals surface area contributed by atoms with E-state index in [1.54, 1.807) is 0 Å². The Bertz CT molecular complexity index is 735. The maximum Gasteiger partial charge on any atom is 0.248 e. The largest absolute Gasteiger partial charge is 0.342 e. The zero-order chi connectivity index (χ0) is 19.4.